The summed E-state index contributed by atoms with van der Waals surface area (Å²) in [5, 5.41) is 0. The van der Waals surface area contributed by atoms with Gasteiger partial charge >= 0.3 is 0 Å². The van der Waals surface area contributed by atoms with Crippen LogP contribution in [-0.4, -0.2) is 4.98 Å². The maximum atomic E-state index is 5.59. The highest BCUT2D eigenvalue weighted by Crippen LogP contribution is 2.06. The molecule has 0 aliphatic rings. The van der Waals surface area contributed by atoms with Crippen molar-refractivity contribution >= 4 is 24.0 Å². The van der Waals surface area contributed by atoms with Gasteiger partial charge < -0.3 is 0 Å². The van der Waals surface area contributed by atoms with Crippen LogP contribution in [0.4, 0.5) is 0 Å². The Morgan fingerprint density at radius 3 is 2.70 bits per heavy atom. The van der Waals surface area contributed by atoms with Crippen molar-refractivity contribution in [2.24, 2.45) is 0 Å². The van der Waals surface area contributed by atoms with E-state index < -0.39 is 0 Å². The van der Waals surface area contributed by atoms with E-state index in [0.717, 1.165) is 5.56 Å². The third-order valence-electron chi connectivity index (χ3n) is 1.29. The summed E-state index contributed by atoms with van der Waals surface area (Å²) in [7, 11) is 0. The molecule has 56 valence electrons. The highest BCUT2D eigenvalue weighted by atomic mass is 35.5. The zero-order valence-corrected chi connectivity index (χ0v) is 7.25. The second-order valence-electron chi connectivity index (χ2n) is 1.94. The molecule has 0 N–H and O–H groups in total. The first-order valence-electron chi connectivity index (χ1n) is 2.80. The summed E-state index contributed by atoms with van der Waals surface area (Å²) in [5.41, 5.74) is 2.32. The first-order chi connectivity index (χ1) is 4.34. The van der Waals surface area contributed by atoms with E-state index in [1.165, 1.54) is 5.56 Å². The highest BCUT2D eigenvalue weighted by Gasteiger charge is 1.91. The van der Waals surface area contributed by atoms with Gasteiger partial charge in [-0.1, -0.05) is 0 Å². The van der Waals surface area contributed by atoms with E-state index >= 15 is 0 Å². The lowest BCUT2D eigenvalue weighted by Crippen LogP contribution is -1.84. The number of hydrogen-bond acceptors (Lipinski definition) is 1. The molecule has 0 aromatic carbocycles. The van der Waals surface area contributed by atoms with Crippen LogP contribution in [0.15, 0.2) is 18.5 Å². The predicted octanol–water partition coefficient (Wildman–Crippen LogP) is 2.55. The Morgan fingerprint density at radius 2 is 2.30 bits per heavy atom. The fourth-order valence-electron chi connectivity index (χ4n) is 0.637. The Kier molecular flexibility index (Phi) is 4.41. The lowest BCUT2D eigenvalue weighted by molar-refractivity contribution is 1.19. The molecule has 0 spiro atoms. The summed E-state index contributed by atoms with van der Waals surface area (Å²) < 4.78 is 0. The molecule has 0 saturated heterocycles. The summed E-state index contributed by atoms with van der Waals surface area (Å²) in [4.78, 5) is 3.93. The van der Waals surface area contributed by atoms with Crippen molar-refractivity contribution in [2.75, 3.05) is 0 Å². The number of rotatable bonds is 1. The van der Waals surface area contributed by atoms with Crippen LogP contribution in [0, 0.1) is 6.92 Å². The zero-order chi connectivity index (χ0) is 6.69. The van der Waals surface area contributed by atoms with E-state index in [1.807, 2.05) is 13.0 Å². The third-order valence-corrected chi connectivity index (χ3v) is 1.58. The van der Waals surface area contributed by atoms with E-state index in [1.54, 1.807) is 12.4 Å². The molecule has 10 heavy (non-hydrogen) atoms. The SMILES string of the molecule is Cc1ccncc1CCl.Cl. The van der Waals surface area contributed by atoms with Gasteiger partial charge in [0.1, 0.15) is 0 Å². The van der Waals surface area contributed by atoms with Gasteiger partial charge in [-0.15, -0.1) is 24.0 Å². The molecule has 1 aromatic heterocycles. The maximum absolute atomic E-state index is 5.59. The molecule has 1 heterocycles. The largest absolute Gasteiger partial charge is 0.264 e. The van der Waals surface area contributed by atoms with Gasteiger partial charge in [-0.2, -0.15) is 0 Å². The smallest absolute Gasteiger partial charge is 0.0491 e. The molecule has 0 radical (unpaired) electrons. The van der Waals surface area contributed by atoms with Crippen LogP contribution in [-0.2, 0) is 5.88 Å². The lowest BCUT2D eigenvalue weighted by Gasteiger charge is -1.96. The zero-order valence-electron chi connectivity index (χ0n) is 5.67. The number of alkyl halides is 1. The second-order valence-corrected chi connectivity index (χ2v) is 2.20. The monoisotopic (exact) mass is 177 g/mol. The van der Waals surface area contributed by atoms with E-state index in [0.29, 0.717) is 5.88 Å². The van der Waals surface area contributed by atoms with Crippen LogP contribution in [0.1, 0.15) is 11.1 Å². The molecule has 1 rings (SSSR count). The van der Waals surface area contributed by atoms with Gasteiger partial charge in [-0.05, 0) is 24.1 Å². The Hall–Kier alpha value is -0.270. The molecule has 0 saturated carbocycles. The Morgan fingerprint density at radius 1 is 1.60 bits per heavy atom. The van der Waals surface area contributed by atoms with Gasteiger partial charge in [0.05, 0.1) is 0 Å². The van der Waals surface area contributed by atoms with E-state index in [4.69, 9.17) is 11.6 Å². The Bertz CT molecular complexity index is 201. The standard InChI is InChI=1S/C7H8ClN.ClH/c1-6-2-3-9-5-7(6)4-8;/h2-3,5H,4H2,1H3;1H. The molecule has 1 aromatic rings. The van der Waals surface area contributed by atoms with Gasteiger partial charge in [0.15, 0.2) is 0 Å². The molecular weight excluding hydrogens is 169 g/mol. The van der Waals surface area contributed by atoms with Crippen LogP contribution in [0.3, 0.4) is 0 Å². The molecule has 0 atom stereocenters. The molecule has 0 aliphatic heterocycles. The molecule has 0 fully saturated rings. The topological polar surface area (TPSA) is 12.9 Å². The molecule has 0 bridgehead atoms. The number of hydrogen-bond donors (Lipinski definition) is 0. The Balaban J connectivity index is 0.000000810. The van der Waals surface area contributed by atoms with E-state index in [-0.39, 0.29) is 12.4 Å². The third kappa shape index (κ3) is 2.16. The summed E-state index contributed by atoms with van der Waals surface area (Å²) >= 11 is 5.59. The van der Waals surface area contributed by atoms with Crippen LogP contribution in [0.2, 0.25) is 0 Å². The van der Waals surface area contributed by atoms with Crippen molar-refractivity contribution < 1.29 is 0 Å². The molecule has 3 heteroatoms. The summed E-state index contributed by atoms with van der Waals surface area (Å²) in [6.07, 6.45) is 3.56. The predicted molar refractivity (Wildman–Crippen MR) is 45.8 cm³/mol. The number of halogens is 2. The van der Waals surface area contributed by atoms with Gasteiger partial charge in [-0.3, -0.25) is 4.98 Å². The van der Waals surface area contributed by atoms with Crippen LogP contribution < -0.4 is 0 Å². The molecule has 1 nitrogen and oxygen atoms in total. The lowest BCUT2D eigenvalue weighted by atomic mass is 10.2. The minimum absolute atomic E-state index is 0. The van der Waals surface area contributed by atoms with Crippen molar-refractivity contribution in [1.29, 1.82) is 0 Å². The van der Waals surface area contributed by atoms with Crippen LogP contribution in [0.25, 0.3) is 0 Å². The van der Waals surface area contributed by atoms with E-state index in [9.17, 15) is 0 Å². The normalized spacial score (nSPS) is 8.60. The number of pyridine rings is 1. The van der Waals surface area contributed by atoms with Crippen molar-refractivity contribution in [2.45, 2.75) is 12.8 Å². The van der Waals surface area contributed by atoms with Crippen molar-refractivity contribution in [3.05, 3.63) is 29.6 Å². The number of aryl methyl sites for hydroxylation is 1. The maximum Gasteiger partial charge on any atom is 0.0491 e. The average Bonchev–Trinajstić information content (AvgIpc) is 1.89. The number of nitrogens with zero attached hydrogens (tertiary/aromatic N) is 1. The van der Waals surface area contributed by atoms with Gasteiger partial charge in [-0.25, -0.2) is 0 Å². The van der Waals surface area contributed by atoms with E-state index in [2.05, 4.69) is 4.98 Å². The van der Waals surface area contributed by atoms with Crippen molar-refractivity contribution in [3.8, 4) is 0 Å². The quantitative estimate of drug-likeness (QED) is 0.602. The van der Waals surface area contributed by atoms with Gasteiger partial charge in [0.2, 0.25) is 0 Å². The number of aromatic nitrogens is 1. The molecule has 0 unspecified atom stereocenters. The van der Waals surface area contributed by atoms with Crippen LogP contribution >= 0.6 is 24.0 Å². The van der Waals surface area contributed by atoms with Crippen molar-refractivity contribution in [1.82, 2.24) is 4.98 Å². The minimum Gasteiger partial charge on any atom is -0.264 e. The van der Waals surface area contributed by atoms with Gasteiger partial charge in [0.25, 0.3) is 0 Å². The summed E-state index contributed by atoms with van der Waals surface area (Å²) in [6.45, 7) is 2.03. The molecule has 0 aliphatic carbocycles. The van der Waals surface area contributed by atoms with Gasteiger partial charge in [0, 0.05) is 18.3 Å². The first kappa shape index (κ1) is 9.73. The average molecular weight is 178 g/mol. The Labute approximate surface area is 71.8 Å². The second kappa shape index (κ2) is 4.53. The fourth-order valence-corrected chi connectivity index (χ4v) is 0.916. The minimum atomic E-state index is 0. The summed E-state index contributed by atoms with van der Waals surface area (Å²) in [5.74, 6) is 0.555. The molecule has 0 amide bonds. The molecular formula is C7H9Cl2N. The van der Waals surface area contributed by atoms with Crippen LogP contribution in [0.5, 0.6) is 0 Å². The highest BCUT2D eigenvalue weighted by molar-refractivity contribution is 6.17. The summed E-state index contributed by atoms with van der Waals surface area (Å²) in [6, 6.07) is 1.96. The van der Waals surface area contributed by atoms with Crippen molar-refractivity contribution in [3.63, 3.8) is 0 Å². The first-order valence-corrected chi connectivity index (χ1v) is 3.33. The fraction of sp³-hybridized carbons (Fsp3) is 0.286.